The lowest BCUT2D eigenvalue weighted by Crippen LogP contribution is -2.33. The van der Waals surface area contributed by atoms with Crippen LogP contribution in [0.2, 0.25) is 0 Å². The molecule has 1 aliphatic heterocycles. The Balaban J connectivity index is 1.74. The van der Waals surface area contributed by atoms with Crippen molar-refractivity contribution in [2.75, 3.05) is 32.0 Å². The van der Waals surface area contributed by atoms with Crippen LogP contribution in [0.1, 0.15) is 19.3 Å². The highest BCUT2D eigenvalue weighted by atomic mass is 19.1. The van der Waals surface area contributed by atoms with Gasteiger partial charge in [-0.05, 0) is 38.1 Å². The minimum absolute atomic E-state index is 0.205. The Morgan fingerprint density at radius 2 is 2.10 bits per heavy atom. The van der Waals surface area contributed by atoms with Crippen molar-refractivity contribution in [1.29, 1.82) is 0 Å². The number of halogens is 1. The SMILES string of the molecule is Nc1cc(F)c(OCCN2CCCCC2)c2ncccc12. The Bertz CT molecular complexity index is 626. The lowest BCUT2D eigenvalue weighted by Gasteiger charge is -2.26. The fraction of sp³-hybridized carbons (Fsp3) is 0.438. The molecule has 0 amide bonds. The van der Waals surface area contributed by atoms with Crippen molar-refractivity contribution in [1.82, 2.24) is 9.88 Å². The van der Waals surface area contributed by atoms with Crippen molar-refractivity contribution in [2.24, 2.45) is 0 Å². The van der Waals surface area contributed by atoms with Crippen LogP contribution in [-0.2, 0) is 0 Å². The molecule has 4 nitrogen and oxygen atoms in total. The van der Waals surface area contributed by atoms with E-state index in [1.807, 2.05) is 6.07 Å². The number of piperidine rings is 1. The van der Waals surface area contributed by atoms with E-state index in [0.29, 0.717) is 17.8 Å². The minimum atomic E-state index is -0.447. The summed E-state index contributed by atoms with van der Waals surface area (Å²) >= 11 is 0. The molecule has 0 bridgehead atoms. The largest absolute Gasteiger partial charge is 0.487 e. The first-order chi connectivity index (χ1) is 10.3. The van der Waals surface area contributed by atoms with Gasteiger partial charge in [-0.2, -0.15) is 0 Å². The molecule has 1 saturated heterocycles. The molecular formula is C16H20FN3O. The normalized spacial score (nSPS) is 16.2. The molecule has 0 aliphatic carbocycles. The topological polar surface area (TPSA) is 51.4 Å². The van der Waals surface area contributed by atoms with Gasteiger partial charge in [0.25, 0.3) is 0 Å². The third kappa shape index (κ3) is 3.08. The summed E-state index contributed by atoms with van der Waals surface area (Å²) in [6, 6.07) is 4.92. The molecule has 1 aromatic heterocycles. The molecule has 5 heteroatoms. The molecule has 0 saturated carbocycles. The van der Waals surface area contributed by atoms with Gasteiger partial charge in [-0.1, -0.05) is 6.42 Å². The molecule has 21 heavy (non-hydrogen) atoms. The molecule has 1 aromatic carbocycles. The lowest BCUT2D eigenvalue weighted by atomic mass is 10.1. The van der Waals surface area contributed by atoms with Gasteiger partial charge in [-0.15, -0.1) is 0 Å². The van der Waals surface area contributed by atoms with E-state index in [1.54, 1.807) is 12.3 Å². The molecule has 0 unspecified atom stereocenters. The minimum Gasteiger partial charge on any atom is -0.487 e. The number of benzene rings is 1. The third-order valence-corrected chi connectivity index (χ3v) is 3.94. The van der Waals surface area contributed by atoms with Crippen LogP contribution >= 0.6 is 0 Å². The quantitative estimate of drug-likeness (QED) is 0.879. The Labute approximate surface area is 123 Å². The summed E-state index contributed by atoms with van der Waals surface area (Å²) in [6.45, 7) is 3.49. The number of anilines is 1. The highest BCUT2D eigenvalue weighted by Gasteiger charge is 2.14. The summed E-state index contributed by atoms with van der Waals surface area (Å²) < 4.78 is 19.8. The van der Waals surface area contributed by atoms with E-state index in [4.69, 9.17) is 10.5 Å². The van der Waals surface area contributed by atoms with E-state index in [-0.39, 0.29) is 5.75 Å². The summed E-state index contributed by atoms with van der Waals surface area (Å²) in [5.74, 6) is -0.242. The molecule has 0 atom stereocenters. The summed E-state index contributed by atoms with van der Waals surface area (Å²) in [6.07, 6.45) is 5.40. The number of fused-ring (bicyclic) bond motifs is 1. The first kappa shape index (κ1) is 14.1. The van der Waals surface area contributed by atoms with Gasteiger partial charge in [0.1, 0.15) is 12.1 Å². The second kappa shape index (κ2) is 6.26. The fourth-order valence-electron chi connectivity index (χ4n) is 2.81. The molecule has 0 spiro atoms. The summed E-state index contributed by atoms with van der Waals surface area (Å²) in [7, 11) is 0. The third-order valence-electron chi connectivity index (χ3n) is 3.94. The van der Waals surface area contributed by atoms with Crippen LogP contribution in [0.5, 0.6) is 5.75 Å². The van der Waals surface area contributed by atoms with E-state index in [1.165, 1.54) is 25.3 Å². The Morgan fingerprint density at radius 3 is 2.90 bits per heavy atom. The van der Waals surface area contributed by atoms with Crippen LogP contribution in [0.4, 0.5) is 10.1 Å². The first-order valence-electron chi connectivity index (χ1n) is 7.43. The van der Waals surface area contributed by atoms with Gasteiger partial charge in [0.05, 0.1) is 0 Å². The number of likely N-dealkylation sites (tertiary alicyclic amines) is 1. The lowest BCUT2D eigenvalue weighted by molar-refractivity contribution is 0.181. The first-order valence-corrected chi connectivity index (χ1v) is 7.43. The number of hydrogen-bond donors (Lipinski definition) is 1. The number of rotatable bonds is 4. The molecule has 0 radical (unpaired) electrons. The molecule has 1 fully saturated rings. The van der Waals surface area contributed by atoms with Crippen LogP contribution in [-0.4, -0.2) is 36.1 Å². The highest BCUT2D eigenvalue weighted by molar-refractivity contribution is 5.94. The van der Waals surface area contributed by atoms with Crippen LogP contribution in [0, 0.1) is 5.82 Å². The predicted molar refractivity (Wildman–Crippen MR) is 81.9 cm³/mol. The van der Waals surface area contributed by atoms with Crippen LogP contribution in [0.3, 0.4) is 0 Å². The number of nitrogens with zero attached hydrogens (tertiary/aromatic N) is 2. The predicted octanol–water partition coefficient (Wildman–Crippen LogP) is 2.82. The highest BCUT2D eigenvalue weighted by Crippen LogP contribution is 2.31. The molecule has 2 aromatic rings. The maximum absolute atomic E-state index is 14.1. The van der Waals surface area contributed by atoms with E-state index < -0.39 is 5.82 Å². The van der Waals surface area contributed by atoms with E-state index in [9.17, 15) is 4.39 Å². The van der Waals surface area contributed by atoms with Crippen LogP contribution in [0.15, 0.2) is 24.4 Å². The van der Waals surface area contributed by atoms with Gasteiger partial charge < -0.3 is 10.5 Å². The zero-order chi connectivity index (χ0) is 14.7. The van der Waals surface area contributed by atoms with Gasteiger partial charge >= 0.3 is 0 Å². The summed E-state index contributed by atoms with van der Waals surface area (Å²) in [4.78, 5) is 6.57. The molecule has 1 aliphatic rings. The average molecular weight is 289 g/mol. The Morgan fingerprint density at radius 1 is 1.29 bits per heavy atom. The zero-order valence-electron chi connectivity index (χ0n) is 12.0. The van der Waals surface area contributed by atoms with Gasteiger partial charge in [0, 0.05) is 29.9 Å². The van der Waals surface area contributed by atoms with E-state index in [2.05, 4.69) is 9.88 Å². The second-order valence-corrected chi connectivity index (χ2v) is 5.43. The number of nitrogens with two attached hydrogens (primary N) is 1. The van der Waals surface area contributed by atoms with Gasteiger partial charge in [0.2, 0.25) is 0 Å². The molecule has 2 heterocycles. The average Bonchev–Trinajstić information content (AvgIpc) is 2.51. The van der Waals surface area contributed by atoms with E-state index >= 15 is 0 Å². The molecular weight excluding hydrogens is 269 g/mol. The van der Waals surface area contributed by atoms with Crippen LogP contribution in [0.25, 0.3) is 10.9 Å². The fourth-order valence-corrected chi connectivity index (χ4v) is 2.81. The smallest absolute Gasteiger partial charge is 0.181 e. The summed E-state index contributed by atoms with van der Waals surface area (Å²) in [5, 5.41) is 0.729. The van der Waals surface area contributed by atoms with Crippen molar-refractivity contribution in [3.05, 3.63) is 30.2 Å². The number of hydrogen-bond acceptors (Lipinski definition) is 4. The van der Waals surface area contributed by atoms with Crippen molar-refractivity contribution in [3.8, 4) is 5.75 Å². The van der Waals surface area contributed by atoms with Crippen LogP contribution < -0.4 is 10.5 Å². The zero-order valence-corrected chi connectivity index (χ0v) is 12.0. The van der Waals surface area contributed by atoms with Gasteiger partial charge in [-0.25, -0.2) is 4.39 Å². The van der Waals surface area contributed by atoms with Gasteiger partial charge in [0.15, 0.2) is 11.6 Å². The number of pyridine rings is 1. The monoisotopic (exact) mass is 289 g/mol. The van der Waals surface area contributed by atoms with Gasteiger partial charge in [-0.3, -0.25) is 9.88 Å². The number of ether oxygens (including phenoxy) is 1. The molecule has 2 N–H and O–H groups in total. The maximum Gasteiger partial charge on any atom is 0.181 e. The standard InChI is InChI=1S/C16H20FN3O/c17-13-11-14(18)12-5-4-6-19-15(12)16(13)21-10-9-20-7-2-1-3-8-20/h4-6,11H,1-3,7-10,18H2. The number of nitrogen functional groups attached to an aromatic ring is 1. The second-order valence-electron chi connectivity index (χ2n) is 5.43. The molecule has 112 valence electrons. The van der Waals surface area contributed by atoms with Crippen molar-refractivity contribution in [3.63, 3.8) is 0 Å². The number of aromatic nitrogens is 1. The summed E-state index contributed by atoms with van der Waals surface area (Å²) in [5.41, 5.74) is 6.71. The van der Waals surface area contributed by atoms with Crippen molar-refractivity contribution >= 4 is 16.6 Å². The van der Waals surface area contributed by atoms with Crippen molar-refractivity contribution in [2.45, 2.75) is 19.3 Å². The van der Waals surface area contributed by atoms with E-state index in [0.717, 1.165) is 25.0 Å². The Hall–Kier alpha value is -1.88. The molecule has 3 rings (SSSR count). The van der Waals surface area contributed by atoms with Crippen molar-refractivity contribution < 1.29 is 9.13 Å². The Kier molecular flexibility index (Phi) is 4.20. The maximum atomic E-state index is 14.1.